The average molecular weight is 282 g/mol. The highest BCUT2D eigenvalue weighted by Crippen LogP contribution is 2.15. The number of aromatic nitrogens is 4. The molecule has 0 aromatic carbocycles. The van der Waals surface area contributed by atoms with Crippen LogP contribution in [0.15, 0.2) is 40.8 Å². The van der Waals surface area contributed by atoms with Crippen LogP contribution in [0.25, 0.3) is 16.7 Å². The second-order valence-corrected chi connectivity index (χ2v) is 4.96. The lowest BCUT2D eigenvalue weighted by atomic mass is 10.2. The Morgan fingerprint density at radius 3 is 3.30 bits per heavy atom. The van der Waals surface area contributed by atoms with Crippen LogP contribution in [-0.4, -0.2) is 19.6 Å². The highest BCUT2D eigenvalue weighted by Gasteiger charge is 2.06. The first kappa shape index (κ1) is 12.5. The van der Waals surface area contributed by atoms with Crippen LogP contribution >= 0.6 is 11.8 Å². The van der Waals surface area contributed by atoms with E-state index in [2.05, 4.69) is 21.0 Å². The number of rotatable bonds is 3. The maximum absolute atomic E-state index is 12.1. The van der Waals surface area contributed by atoms with Crippen LogP contribution in [0.5, 0.6) is 0 Å². The molecule has 0 atom stereocenters. The van der Waals surface area contributed by atoms with Gasteiger partial charge in [-0.1, -0.05) is 5.92 Å². The van der Waals surface area contributed by atoms with Crippen molar-refractivity contribution >= 4 is 28.4 Å². The minimum Gasteiger partial charge on any atom is -0.306 e. The van der Waals surface area contributed by atoms with Crippen LogP contribution in [-0.2, 0) is 5.75 Å². The Hall–Kier alpha value is -2.52. The molecule has 0 unspecified atom stereocenters. The summed E-state index contributed by atoms with van der Waals surface area (Å²) in [4.78, 5) is 19.2. The summed E-state index contributed by atoms with van der Waals surface area (Å²) >= 11 is 1.47. The molecule has 0 saturated carbocycles. The number of terminal acetylenes is 1. The van der Waals surface area contributed by atoms with Gasteiger partial charge in [0.2, 0.25) is 0 Å². The number of H-pyrrole nitrogens is 1. The molecule has 98 valence electrons. The zero-order chi connectivity index (χ0) is 13.9. The summed E-state index contributed by atoms with van der Waals surface area (Å²) < 4.78 is 1.62. The van der Waals surface area contributed by atoms with Crippen molar-refractivity contribution in [3.05, 3.63) is 51.9 Å². The molecule has 3 heterocycles. The van der Waals surface area contributed by atoms with Crippen molar-refractivity contribution < 1.29 is 0 Å². The van der Waals surface area contributed by atoms with Gasteiger partial charge in [0.15, 0.2) is 5.65 Å². The van der Waals surface area contributed by atoms with Crippen LogP contribution < -0.4 is 5.56 Å². The SMILES string of the molecule is C#C/C=C\SCc1cc2cnc3ccnn3c2[nH]c1=O. The first-order valence-electron chi connectivity index (χ1n) is 5.87. The van der Waals surface area contributed by atoms with Crippen molar-refractivity contribution in [1.29, 1.82) is 0 Å². The van der Waals surface area contributed by atoms with Gasteiger partial charge in [-0.05, 0) is 17.6 Å². The molecule has 0 saturated heterocycles. The number of fused-ring (bicyclic) bond motifs is 3. The zero-order valence-electron chi connectivity index (χ0n) is 10.4. The third-order valence-corrected chi connectivity index (χ3v) is 3.60. The van der Waals surface area contributed by atoms with Crippen molar-refractivity contribution in [3.8, 4) is 12.3 Å². The van der Waals surface area contributed by atoms with E-state index in [0.717, 1.165) is 5.39 Å². The van der Waals surface area contributed by atoms with Crippen LogP contribution in [0.1, 0.15) is 5.56 Å². The Morgan fingerprint density at radius 1 is 1.55 bits per heavy atom. The summed E-state index contributed by atoms with van der Waals surface area (Å²) in [5.74, 6) is 2.96. The van der Waals surface area contributed by atoms with Crippen LogP contribution in [0.2, 0.25) is 0 Å². The predicted octanol–water partition coefficient (Wildman–Crippen LogP) is 1.95. The van der Waals surface area contributed by atoms with Gasteiger partial charge in [-0.2, -0.15) is 9.61 Å². The molecular formula is C14H10N4OS. The van der Waals surface area contributed by atoms with E-state index in [1.54, 1.807) is 34.5 Å². The minimum atomic E-state index is -0.123. The molecule has 6 heteroatoms. The van der Waals surface area contributed by atoms with Crippen LogP contribution in [0, 0.1) is 12.3 Å². The second kappa shape index (κ2) is 5.23. The zero-order valence-corrected chi connectivity index (χ0v) is 11.2. The van der Waals surface area contributed by atoms with Gasteiger partial charge < -0.3 is 4.98 Å². The van der Waals surface area contributed by atoms with Gasteiger partial charge in [-0.15, -0.1) is 18.2 Å². The highest BCUT2D eigenvalue weighted by atomic mass is 32.2. The summed E-state index contributed by atoms with van der Waals surface area (Å²) in [7, 11) is 0. The number of hydrogen-bond donors (Lipinski definition) is 1. The fourth-order valence-corrected chi connectivity index (χ4v) is 2.55. The van der Waals surface area contributed by atoms with Crippen molar-refractivity contribution in [3.63, 3.8) is 0 Å². The van der Waals surface area contributed by atoms with E-state index in [0.29, 0.717) is 22.6 Å². The van der Waals surface area contributed by atoms with Crippen LogP contribution in [0.4, 0.5) is 0 Å². The lowest BCUT2D eigenvalue weighted by Gasteiger charge is -2.03. The third-order valence-electron chi connectivity index (χ3n) is 2.80. The smallest absolute Gasteiger partial charge is 0.253 e. The standard InChI is InChI=1S/C14H10N4OS/c1-2-3-6-20-9-11-7-10-8-15-12-4-5-16-18(12)13(10)17-14(11)19/h1,3-8H,9H2,(H,17,19)/b6-3-. The summed E-state index contributed by atoms with van der Waals surface area (Å²) in [6.45, 7) is 0. The molecule has 1 N–H and O–H groups in total. The van der Waals surface area contributed by atoms with Gasteiger partial charge in [-0.3, -0.25) is 4.79 Å². The summed E-state index contributed by atoms with van der Waals surface area (Å²) in [6.07, 6.45) is 10.1. The van der Waals surface area contributed by atoms with Crippen molar-refractivity contribution in [2.75, 3.05) is 0 Å². The Kier molecular flexibility index (Phi) is 3.27. The molecule has 0 spiro atoms. The van der Waals surface area contributed by atoms with E-state index in [9.17, 15) is 4.79 Å². The number of aromatic amines is 1. The molecule has 0 amide bonds. The van der Waals surface area contributed by atoms with E-state index >= 15 is 0 Å². The Bertz CT molecular complexity index is 901. The van der Waals surface area contributed by atoms with Crippen molar-refractivity contribution in [2.45, 2.75) is 5.75 Å². The number of nitrogens with zero attached hydrogens (tertiary/aromatic N) is 3. The monoisotopic (exact) mass is 282 g/mol. The normalized spacial score (nSPS) is 11.3. The van der Waals surface area contributed by atoms with Crippen molar-refractivity contribution in [2.24, 2.45) is 0 Å². The van der Waals surface area contributed by atoms with E-state index < -0.39 is 0 Å². The maximum atomic E-state index is 12.1. The number of nitrogens with one attached hydrogen (secondary N) is 1. The lowest BCUT2D eigenvalue weighted by molar-refractivity contribution is 0.955. The largest absolute Gasteiger partial charge is 0.306 e. The second-order valence-electron chi connectivity index (χ2n) is 4.07. The van der Waals surface area contributed by atoms with E-state index in [-0.39, 0.29) is 5.56 Å². The fraction of sp³-hybridized carbons (Fsp3) is 0.0714. The molecule has 0 aliphatic carbocycles. The molecule has 20 heavy (non-hydrogen) atoms. The average Bonchev–Trinajstić information content (AvgIpc) is 2.93. The summed E-state index contributed by atoms with van der Waals surface area (Å²) in [5.41, 5.74) is 1.91. The first-order valence-corrected chi connectivity index (χ1v) is 6.92. The molecule has 3 aromatic heterocycles. The Labute approximate surface area is 118 Å². The molecule has 3 rings (SSSR count). The summed E-state index contributed by atoms with van der Waals surface area (Å²) in [5, 5.41) is 6.78. The number of hydrogen-bond acceptors (Lipinski definition) is 4. The molecule has 3 aromatic rings. The fourth-order valence-electron chi connectivity index (χ4n) is 1.89. The van der Waals surface area contributed by atoms with Gasteiger partial charge >= 0.3 is 0 Å². The van der Waals surface area contributed by atoms with Gasteiger partial charge in [0.1, 0.15) is 5.65 Å². The third kappa shape index (κ3) is 2.19. The maximum Gasteiger partial charge on any atom is 0.253 e. The first-order chi connectivity index (χ1) is 9.79. The molecule has 0 aliphatic rings. The Balaban J connectivity index is 2.06. The van der Waals surface area contributed by atoms with Gasteiger partial charge in [0, 0.05) is 29.0 Å². The molecule has 5 nitrogen and oxygen atoms in total. The van der Waals surface area contributed by atoms with E-state index in [1.807, 2.05) is 6.07 Å². The van der Waals surface area contributed by atoms with Crippen molar-refractivity contribution in [1.82, 2.24) is 19.6 Å². The van der Waals surface area contributed by atoms with Gasteiger partial charge in [-0.25, -0.2) is 4.98 Å². The van der Waals surface area contributed by atoms with Crippen LogP contribution in [0.3, 0.4) is 0 Å². The lowest BCUT2D eigenvalue weighted by Crippen LogP contribution is -2.13. The number of thioether (sulfide) groups is 1. The minimum absolute atomic E-state index is 0.123. The van der Waals surface area contributed by atoms with Gasteiger partial charge in [0.25, 0.3) is 5.56 Å². The van der Waals surface area contributed by atoms with E-state index in [1.165, 1.54) is 11.8 Å². The van der Waals surface area contributed by atoms with E-state index in [4.69, 9.17) is 6.42 Å². The predicted molar refractivity (Wildman–Crippen MR) is 80.4 cm³/mol. The molecular weight excluding hydrogens is 272 g/mol. The number of pyridine rings is 1. The quantitative estimate of drug-likeness (QED) is 0.746. The molecule has 0 radical (unpaired) electrons. The number of allylic oxidation sites excluding steroid dienone is 1. The molecule has 0 bridgehead atoms. The molecule has 0 aliphatic heterocycles. The highest BCUT2D eigenvalue weighted by molar-refractivity contribution is 8.01. The summed E-state index contributed by atoms with van der Waals surface area (Å²) in [6, 6.07) is 3.62. The Morgan fingerprint density at radius 2 is 2.45 bits per heavy atom. The molecule has 0 fully saturated rings. The topological polar surface area (TPSA) is 63.1 Å². The van der Waals surface area contributed by atoms with Gasteiger partial charge in [0.05, 0.1) is 6.20 Å².